The molecule has 1 aliphatic heterocycles. The topological polar surface area (TPSA) is 47.3 Å². The fourth-order valence-corrected chi connectivity index (χ4v) is 2.59. The first kappa shape index (κ1) is 12.7. The van der Waals surface area contributed by atoms with Crippen LogP contribution >= 0.6 is 11.6 Å². The first-order chi connectivity index (χ1) is 8.05. The van der Waals surface area contributed by atoms with Crippen molar-refractivity contribution in [1.82, 2.24) is 5.32 Å². The summed E-state index contributed by atoms with van der Waals surface area (Å²) in [6, 6.07) is 6.07. The second-order valence-electron chi connectivity index (χ2n) is 4.78. The molecule has 0 aliphatic carbocycles. The van der Waals surface area contributed by atoms with Crippen LogP contribution in [0.4, 0.5) is 0 Å². The Morgan fingerprint density at radius 1 is 1.53 bits per heavy atom. The number of hydrogen-bond donors (Lipinski definition) is 2. The predicted octanol–water partition coefficient (Wildman–Crippen LogP) is 2.27. The van der Waals surface area contributed by atoms with E-state index in [1.54, 1.807) is 7.11 Å². The van der Waals surface area contributed by atoms with E-state index in [4.69, 9.17) is 22.1 Å². The smallest absolute Gasteiger partial charge is 0.137 e. The summed E-state index contributed by atoms with van der Waals surface area (Å²) in [4.78, 5) is 0. The summed E-state index contributed by atoms with van der Waals surface area (Å²) in [5.74, 6) is 0.679. The van der Waals surface area contributed by atoms with E-state index in [1.165, 1.54) is 6.42 Å². The van der Waals surface area contributed by atoms with Crippen molar-refractivity contribution in [3.63, 3.8) is 0 Å². The van der Waals surface area contributed by atoms with Crippen LogP contribution < -0.4 is 15.8 Å². The summed E-state index contributed by atoms with van der Waals surface area (Å²) in [6.07, 6.45) is 2.29. The number of rotatable bonds is 3. The van der Waals surface area contributed by atoms with Gasteiger partial charge < -0.3 is 15.8 Å². The molecule has 1 aliphatic rings. The first-order valence-corrected chi connectivity index (χ1v) is 6.30. The minimum Gasteiger partial charge on any atom is -0.495 e. The number of ether oxygens (including phenoxy) is 1. The standard InChI is InChI=1S/C13H19ClN2O/c1-13(15,12-4-3-7-16-12)9-5-6-10(14)11(8-9)17-2/h5-6,8,12,16H,3-4,7,15H2,1-2H3/t12-,13?/m0/s1. The Bertz CT molecular complexity index is 400. The van der Waals surface area contributed by atoms with Crippen molar-refractivity contribution in [3.05, 3.63) is 28.8 Å². The van der Waals surface area contributed by atoms with Gasteiger partial charge in [0, 0.05) is 6.04 Å². The van der Waals surface area contributed by atoms with Crippen LogP contribution in [0.3, 0.4) is 0 Å². The van der Waals surface area contributed by atoms with Crippen LogP contribution in [0.15, 0.2) is 18.2 Å². The summed E-state index contributed by atoms with van der Waals surface area (Å²) in [6.45, 7) is 3.10. The third-order valence-electron chi connectivity index (χ3n) is 3.56. The fraction of sp³-hybridized carbons (Fsp3) is 0.538. The lowest BCUT2D eigenvalue weighted by atomic mass is 9.84. The van der Waals surface area contributed by atoms with E-state index < -0.39 is 5.54 Å². The van der Waals surface area contributed by atoms with Gasteiger partial charge in [0.25, 0.3) is 0 Å². The monoisotopic (exact) mass is 254 g/mol. The summed E-state index contributed by atoms with van der Waals surface area (Å²) in [7, 11) is 1.62. The second kappa shape index (κ2) is 4.84. The van der Waals surface area contributed by atoms with Gasteiger partial charge in [-0.05, 0) is 44.0 Å². The molecule has 3 N–H and O–H groups in total. The van der Waals surface area contributed by atoms with Gasteiger partial charge in [0.15, 0.2) is 0 Å². The van der Waals surface area contributed by atoms with E-state index in [-0.39, 0.29) is 0 Å². The molecule has 0 radical (unpaired) electrons. The van der Waals surface area contributed by atoms with Crippen LogP contribution in [-0.2, 0) is 5.54 Å². The van der Waals surface area contributed by atoms with Crippen molar-refractivity contribution in [1.29, 1.82) is 0 Å². The van der Waals surface area contributed by atoms with Crippen molar-refractivity contribution in [2.75, 3.05) is 13.7 Å². The molecule has 1 fully saturated rings. The minimum atomic E-state index is -0.394. The average molecular weight is 255 g/mol. The highest BCUT2D eigenvalue weighted by Crippen LogP contribution is 2.32. The lowest BCUT2D eigenvalue weighted by Crippen LogP contribution is -2.49. The molecule has 4 heteroatoms. The maximum absolute atomic E-state index is 6.46. The van der Waals surface area contributed by atoms with E-state index in [0.717, 1.165) is 18.5 Å². The molecule has 1 aromatic rings. The molecule has 0 aromatic heterocycles. The Balaban J connectivity index is 2.31. The highest BCUT2D eigenvalue weighted by atomic mass is 35.5. The molecule has 94 valence electrons. The molecule has 0 bridgehead atoms. The normalized spacial score (nSPS) is 23.4. The number of hydrogen-bond acceptors (Lipinski definition) is 3. The van der Waals surface area contributed by atoms with Crippen molar-refractivity contribution in [3.8, 4) is 5.75 Å². The van der Waals surface area contributed by atoms with Crippen molar-refractivity contribution in [2.24, 2.45) is 5.73 Å². The van der Waals surface area contributed by atoms with E-state index in [9.17, 15) is 0 Å². The van der Waals surface area contributed by atoms with E-state index in [0.29, 0.717) is 16.8 Å². The highest BCUT2D eigenvalue weighted by Gasteiger charge is 2.34. The lowest BCUT2D eigenvalue weighted by molar-refractivity contribution is 0.354. The van der Waals surface area contributed by atoms with Crippen LogP contribution in [0.25, 0.3) is 0 Å². The van der Waals surface area contributed by atoms with Gasteiger partial charge in [0.05, 0.1) is 17.7 Å². The molecule has 2 atom stereocenters. The predicted molar refractivity (Wildman–Crippen MR) is 70.6 cm³/mol. The molecule has 0 amide bonds. The van der Waals surface area contributed by atoms with Gasteiger partial charge in [-0.2, -0.15) is 0 Å². The van der Waals surface area contributed by atoms with Crippen LogP contribution in [0, 0.1) is 0 Å². The lowest BCUT2D eigenvalue weighted by Gasteiger charge is -2.32. The van der Waals surface area contributed by atoms with E-state index >= 15 is 0 Å². The summed E-state index contributed by atoms with van der Waals surface area (Å²) in [5.41, 5.74) is 7.12. The fourth-order valence-electron chi connectivity index (χ4n) is 2.39. The largest absolute Gasteiger partial charge is 0.495 e. The molecular formula is C13H19ClN2O. The third kappa shape index (κ3) is 2.41. The molecule has 3 nitrogen and oxygen atoms in total. The Morgan fingerprint density at radius 3 is 2.88 bits per heavy atom. The molecule has 1 aromatic carbocycles. The molecular weight excluding hydrogens is 236 g/mol. The molecule has 1 heterocycles. The molecule has 0 spiro atoms. The molecule has 1 saturated heterocycles. The Labute approximate surface area is 107 Å². The number of methoxy groups -OCH3 is 1. The highest BCUT2D eigenvalue weighted by molar-refractivity contribution is 6.32. The van der Waals surface area contributed by atoms with Gasteiger partial charge in [-0.25, -0.2) is 0 Å². The number of halogens is 1. The van der Waals surface area contributed by atoms with Gasteiger partial charge in [-0.3, -0.25) is 0 Å². The van der Waals surface area contributed by atoms with Gasteiger partial charge in [0.2, 0.25) is 0 Å². The zero-order chi connectivity index (χ0) is 12.5. The summed E-state index contributed by atoms with van der Waals surface area (Å²) < 4.78 is 5.24. The Hall–Kier alpha value is -0.770. The quantitative estimate of drug-likeness (QED) is 0.870. The third-order valence-corrected chi connectivity index (χ3v) is 3.87. The van der Waals surface area contributed by atoms with Crippen molar-refractivity contribution < 1.29 is 4.74 Å². The van der Waals surface area contributed by atoms with E-state index in [1.807, 2.05) is 18.2 Å². The Morgan fingerprint density at radius 2 is 2.29 bits per heavy atom. The average Bonchev–Trinajstić information content (AvgIpc) is 2.83. The molecule has 17 heavy (non-hydrogen) atoms. The number of nitrogens with one attached hydrogen (secondary N) is 1. The molecule has 2 rings (SSSR count). The Kier molecular flexibility index (Phi) is 3.61. The second-order valence-corrected chi connectivity index (χ2v) is 5.19. The first-order valence-electron chi connectivity index (χ1n) is 5.92. The maximum Gasteiger partial charge on any atom is 0.137 e. The van der Waals surface area contributed by atoms with Gasteiger partial charge in [-0.1, -0.05) is 17.7 Å². The van der Waals surface area contributed by atoms with Crippen LogP contribution in [0.1, 0.15) is 25.3 Å². The van der Waals surface area contributed by atoms with Crippen LogP contribution in [0.5, 0.6) is 5.75 Å². The summed E-state index contributed by atoms with van der Waals surface area (Å²) >= 11 is 6.02. The van der Waals surface area contributed by atoms with Crippen molar-refractivity contribution in [2.45, 2.75) is 31.3 Å². The summed E-state index contributed by atoms with van der Waals surface area (Å²) in [5, 5.41) is 4.07. The van der Waals surface area contributed by atoms with Crippen LogP contribution in [0.2, 0.25) is 5.02 Å². The number of nitrogens with two attached hydrogens (primary N) is 1. The van der Waals surface area contributed by atoms with Gasteiger partial charge >= 0.3 is 0 Å². The maximum atomic E-state index is 6.46. The number of benzene rings is 1. The zero-order valence-electron chi connectivity index (χ0n) is 10.3. The van der Waals surface area contributed by atoms with Crippen LogP contribution in [-0.4, -0.2) is 19.7 Å². The SMILES string of the molecule is COc1cc(C(C)(N)[C@@H]2CCCN2)ccc1Cl. The molecule has 1 unspecified atom stereocenters. The van der Waals surface area contributed by atoms with Crippen molar-refractivity contribution >= 4 is 11.6 Å². The molecule has 0 saturated carbocycles. The minimum absolute atomic E-state index is 0.313. The zero-order valence-corrected chi connectivity index (χ0v) is 11.1. The van der Waals surface area contributed by atoms with Gasteiger partial charge in [0.1, 0.15) is 5.75 Å². The van der Waals surface area contributed by atoms with E-state index in [2.05, 4.69) is 12.2 Å². The van der Waals surface area contributed by atoms with Gasteiger partial charge in [-0.15, -0.1) is 0 Å².